The zero-order valence-electron chi connectivity index (χ0n) is 15.9. The van der Waals surface area contributed by atoms with Crippen molar-refractivity contribution in [2.24, 2.45) is 5.14 Å². The number of primary sulfonamides is 1. The van der Waals surface area contributed by atoms with E-state index in [0.717, 1.165) is 12.8 Å². The summed E-state index contributed by atoms with van der Waals surface area (Å²) in [6.07, 6.45) is 3.22. The van der Waals surface area contributed by atoms with Crippen LogP contribution in [0.4, 0.5) is 0 Å². The molecule has 2 rings (SSSR count). The van der Waals surface area contributed by atoms with Crippen LogP contribution in [0.25, 0.3) is 0 Å². The number of sulfonamides is 1. The Morgan fingerprint density at radius 3 is 2.27 bits per heavy atom. The Bertz CT molecular complexity index is 713. The van der Waals surface area contributed by atoms with Crippen LogP contribution in [0.3, 0.4) is 0 Å². The molecule has 1 heterocycles. The largest absolute Gasteiger partial charge is 0.493 e. The summed E-state index contributed by atoms with van der Waals surface area (Å²) < 4.78 is 34.1. The van der Waals surface area contributed by atoms with Gasteiger partial charge in [-0.15, -0.1) is 0 Å². The molecule has 1 fully saturated rings. The second-order valence-corrected chi connectivity index (χ2v) is 8.55. The number of hydrogen-bond donors (Lipinski definition) is 2. The molecule has 0 aromatic heterocycles. The summed E-state index contributed by atoms with van der Waals surface area (Å²) in [6.45, 7) is 4.94. The van der Waals surface area contributed by atoms with E-state index < -0.39 is 16.1 Å². The molecule has 3 N–H and O–H groups in total. The number of likely N-dealkylation sites (tertiary alicyclic amines) is 1. The van der Waals surface area contributed by atoms with Gasteiger partial charge in [0.25, 0.3) is 0 Å². The van der Waals surface area contributed by atoms with Crippen LogP contribution in [-0.2, 0) is 16.4 Å². The summed E-state index contributed by atoms with van der Waals surface area (Å²) >= 11 is 0. The predicted molar refractivity (Wildman–Crippen MR) is 100 cm³/mol. The van der Waals surface area contributed by atoms with Crippen LogP contribution in [0.2, 0.25) is 0 Å². The van der Waals surface area contributed by atoms with Gasteiger partial charge in [-0.3, -0.25) is 4.90 Å². The van der Waals surface area contributed by atoms with Crippen LogP contribution in [0, 0.1) is 0 Å². The van der Waals surface area contributed by atoms with Gasteiger partial charge in [-0.05, 0) is 32.8 Å². The summed E-state index contributed by atoms with van der Waals surface area (Å²) in [5, 5.41) is 15.9. The second kappa shape index (κ2) is 8.56. The van der Waals surface area contributed by atoms with Gasteiger partial charge in [0.05, 0.1) is 20.3 Å². The monoisotopic (exact) mass is 386 g/mol. The number of aliphatic hydroxyl groups excluding tert-OH is 1. The Hall–Kier alpha value is -1.35. The fourth-order valence-corrected chi connectivity index (χ4v) is 4.48. The van der Waals surface area contributed by atoms with Crippen molar-refractivity contribution in [2.45, 2.75) is 62.6 Å². The standard InChI is InChI=1S/C18H30N2O5S/c1-12-6-5-7-13(2)20(12)11-15(21)10-14-8-9-16(26(19,22)23)18(25-4)17(14)24-3/h8-9,12-13,15,21H,5-7,10-11H2,1-4H3,(H2,19,22,23)/t12-,13+,15-/m1/s1. The number of β-amino-alcohol motifs (C(OH)–C–C–N with tert-alkyl or cyclic N) is 1. The number of aliphatic hydroxyl groups is 1. The summed E-state index contributed by atoms with van der Waals surface area (Å²) in [5.41, 5.74) is 0.682. The molecular formula is C18H30N2O5S. The van der Waals surface area contributed by atoms with Crippen molar-refractivity contribution in [1.82, 2.24) is 4.90 Å². The topological polar surface area (TPSA) is 102 Å². The van der Waals surface area contributed by atoms with Crippen molar-refractivity contribution in [3.63, 3.8) is 0 Å². The molecule has 1 aromatic carbocycles. The lowest BCUT2D eigenvalue weighted by atomic mass is 9.96. The zero-order chi connectivity index (χ0) is 19.5. The third kappa shape index (κ3) is 4.68. The van der Waals surface area contributed by atoms with E-state index in [0.29, 0.717) is 30.6 Å². The average Bonchev–Trinajstić information content (AvgIpc) is 2.56. The number of nitrogens with zero attached hydrogens (tertiary/aromatic N) is 1. The molecule has 8 heteroatoms. The van der Waals surface area contributed by atoms with Gasteiger partial charge in [0.1, 0.15) is 4.90 Å². The highest BCUT2D eigenvalue weighted by molar-refractivity contribution is 7.89. The maximum absolute atomic E-state index is 11.7. The van der Waals surface area contributed by atoms with Crippen molar-refractivity contribution in [1.29, 1.82) is 0 Å². The maximum atomic E-state index is 11.7. The number of ether oxygens (including phenoxy) is 2. The third-order valence-electron chi connectivity index (χ3n) is 5.13. The molecule has 0 spiro atoms. The Balaban J connectivity index is 2.23. The van der Waals surface area contributed by atoms with Crippen molar-refractivity contribution < 1.29 is 23.0 Å². The highest BCUT2D eigenvalue weighted by Crippen LogP contribution is 2.37. The van der Waals surface area contributed by atoms with E-state index in [-0.39, 0.29) is 16.4 Å². The van der Waals surface area contributed by atoms with E-state index in [1.165, 1.54) is 26.7 Å². The van der Waals surface area contributed by atoms with Gasteiger partial charge < -0.3 is 14.6 Å². The summed E-state index contributed by atoms with van der Waals surface area (Å²) in [6, 6.07) is 3.89. The molecule has 0 radical (unpaired) electrons. The first-order valence-corrected chi connectivity index (χ1v) is 10.4. The van der Waals surface area contributed by atoms with Gasteiger partial charge in [-0.2, -0.15) is 0 Å². The van der Waals surface area contributed by atoms with Gasteiger partial charge in [0.2, 0.25) is 10.0 Å². The zero-order valence-corrected chi connectivity index (χ0v) is 16.8. The first-order valence-electron chi connectivity index (χ1n) is 8.89. The van der Waals surface area contributed by atoms with Crippen LogP contribution in [0.1, 0.15) is 38.7 Å². The first-order chi connectivity index (χ1) is 12.2. The predicted octanol–water partition coefficient (Wildman–Crippen LogP) is 1.52. The Morgan fingerprint density at radius 2 is 1.77 bits per heavy atom. The van der Waals surface area contributed by atoms with E-state index in [4.69, 9.17) is 14.6 Å². The van der Waals surface area contributed by atoms with Crippen LogP contribution in [-0.4, -0.2) is 57.4 Å². The normalized spacial score (nSPS) is 22.8. The number of benzene rings is 1. The third-order valence-corrected chi connectivity index (χ3v) is 6.06. The Morgan fingerprint density at radius 1 is 1.19 bits per heavy atom. The van der Waals surface area contributed by atoms with Crippen molar-refractivity contribution >= 4 is 10.0 Å². The van der Waals surface area contributed by atoms with Crippen molar-refractivity contribution in [3.05, 3.63) is 17.7 Å². The molecule has 0 unspecified atom stereocenters. The molecule has 1 aliphatic heterocycles. The maximum Gasteiger partial charge on any atom is 0.241 e. The molecule has 1 aromatic rings. The Labute approximate surface area is 156 Å². The van der Waals surface area contributed by atoms with Crippen molar-refractivity contribution in [3.8, 4) is 11.5 Å². The first kappa shape index (κ1) is 21.0. The van der Waals surface area contributed by atoms with Gasteiger partial charge in [-0.25, -0.2) is 13.6 Å². The van der Waals surface area contributed by atoms with Gasteiger partial charge in [0.15, 0.2) is 11.5 Å². The molecule has 1 saturated heterocycles. The summed E-state index contributed by atoms with van der Waals surface area (Å²) in [5.74, 6) is 0.359. The molecule has 3 atom stereocenters. The molecule has 26 heavy (non-hydrogen) atoms. The van der Waals surface area contributed by atoms with Crippen LogP contribution in [0.5, 0.6) is 11.5 Å². The average molecular weight is 387 g/mol. The molecular weight excluding hydrogens is 356 g/mol. The lowest BCUT2D eigenvalue weighted by Crippen LogP contribution is -2.47. The van der Waals surface area contributed by atoms with E-state index in [1.807, 2.05) is 0 Å². The van der Waals surface area contributed by atoms with Crippen molar-refractivity contribution in [2.75, 3.05) is 20.8 Å². The molecule has 0 amide bonds. The quantitative estimate of drug-likeness (QED) is 0.737. The number of hydrogen-bond acceptors (Lipinski definition) is 6. The lowest BCUT2D eigenvalue weighted by molar-refractivity contribution is 0.0416. The van der Waals surface area contributed by atoms with E-state index in [1.54, 1.807) is 6.07 Å². The smallest absolute Gasteiger partial charge is 0.241 e. The number of rotatable bonds is 7. The molecule has 1 aliphatic rings. The van der Waals surface area contributed by atoms with Gasteiger partial charge in [0, 0.05) is 30.6 Å². The minimum Gasteiger partial charge on any atom is -0.493 e. The van der Waals surface area contributed by atoms with Gasteiger partial charge in [-0.1, -0.05) is 12.5 Å². The minimum absolute atomic E-state index is 0.0689. The fourth-order valence-electron chi connectivity index (χ4n) is 3.78. The van der Waals surface area contributed by atoms with Crippen LogP contribution >= 0.6 is 0 Å². The number of nitrogens with two attached hydrogens (primary N) is 1. The molecule has 0 aliphatic carbocycles. The lowest BCUT2D eigenvalue weighted by Gasteiger charge is -2.40. The molecule has 0 saturated carbocycles. The second-order valence-electron chi connectivity index (χ2n) is 7.02. The van der Waals surface area contributed by atoms with E-state index in [9.17, 15) is 13.5 Å². The molecule has 7 nitrogen and oxygen atoms in total. The van der Waals surface area contributed by atoms with Crippen LogP contribution < -0.4 is 14.6 Å². The van der Waals surface area contributed by atoms with E-state index in [2.05, 4.69) is 18.7 Å². The number of piperidine rings is 1. The molecule has 148 valence electrons. The molecule has 0 bridgehead atoms. The van der Waals surface area contributed by atoms with E-state index >= 15 is 0 Å². The highest BCUT2D eigenvalue weighted by atomic mass is 32.2. The summed E-state index contributed by atoms with van der Waals surface area (Å²) in [4.78, 5) is 2.20. The highest BCUT2D eigenvalue weighted by Gasteiger charge is 2.28. The minimum atomic E-state index is -3.94. The fraction of sp³-hybridized carbons (Fsp3) is 0.667. The van der Waals surface area contributed by atoms with Crippen LogP contribution in [0.15, 0.2) is 17.0 Å². The summed E-state index contributed by atoms with van der Waals surface area (Å²) in [7, 11) is -1.13. The number of methoxy groups -OCH3 is 2. The SMILES string of the molecule is COc1c(C[C@@H](O)CN2[C@H](C)CCC[C@@H]2C)ccc(S(N)(=O)=O)c1OC. The van der Waals surface area contributed by atoms with Gasteiger partial charge >= 0.3 is 0 Å². The Kier molecular flexibility index (Phi) is 6.90.